The second-order valence-corrected chi connectivity index (χ2v) is 4.39. The molecule has 3 rings (SSSR count). The molecule has 0 fully saturated rings. The molecule has 2 N–H and O–H groups in total. The van der Waals surface area contributed by atoms with E-state index in [0.717, 1.165) is 5.56 Å². The molecule has 0 bridgehead atoms. The lowest BCUT2D eigenvalue weighted by atomic mass is 10.0. The van der Waals surface area contributed by atoms with E-state index in [1.54, 1.807) is 30.3 Å². The Labute approximate surface area is 112 Å². The number of tetrazole rings is 1. The molecule has 1 atom stereocenters. The Morgan fingerprint density at radius 2 is 2.11 bits per heavy atom. The summed E-state index contributed by atoms with van der Waals surface area (Å²) >= 11 is 5.84. The van der Waals surface area contributed by atoms with Gasteiger partial charge in [-0.2, -0.15) is 4.68 Å². The molecular weight excluding hydrogens is 270 g/mol. The molecule has 8 heteroatoms. The lowest BCUT2D eigenvalue weighted by Gasteiger charge is -2.21. The van der Waals surface area contributed by atoms with E-state index in [0.29, 0.717) is 11.0 Å². The van der Waals surface area contributed by atoms with Crippen molar-refractivity contribution in [2.45, 2.75) is 6.04 Å². The molecule has 2 aromatic rings. The van der Waals surface area contributed by atoms with Crippen molar-refractivity contribution in [1.82, 2.24) is 20.2 Å². The van der Waals surface area contributed by atoms with Gasteiger partial charge in [0.25, 0.3) is 0 Å². The fourth-order valence-electron chi connectivity index (χ4n) is 1.88. The van der Waals surface area contributed by atoms with Crippen LogP contribution < -0.4 is 5.32 Å². The number of anilines is 1. The highest BCUT2D eigenvalue weighted by Gasteiger charge is 2.26. The predicted molar refractivity (Wildman–Crippen MR) is 66.7 cm³/mol. The summed E-state index contributed by atoms with van der Waals surface area (Å²) in [7, 11) is 0. The fourth-order valence-corrected chi connectivity index (χ4v) is 2.00. The molecule has 0 unspecified atom stereocenters. The van der Waals surface area contributed by atoms with Gasteiger partial charge in [-0.15, -0.1) is 0 Å². The molecule has 1 aliphatic heterocycles. The third-order valence-corrected chi connectivity index (χ3v) is 3.02. The predicted octanol–water partition coefficient (Wildman–Crippen LogP) is 1.31. The van der Waals surface area contributed by atoms with Crippen molar-refractivity contribution >= 4 is 23.5 Å². The van der Waals surface area contributed by atoms with Gasteiger partial charge >= 0.3 is 5.97 Å². The van der Waals surface area contributed by atoms with Crippen molar-refractivity contribution < 1.29 is 9.90 Å². The number of nitrogens with zero attached hydrogens (tertiary/aromatic N) is 4. The monoisotopic (exact) mass is 277 g/mol. The molecule has 96 valence electrons. The van der Waals surface area contributed by atoms with Gasteiger partial charge in [0.1, 0.15) is 11.7 Å². The van der Waals surface area contributed by atoms with Crippen molar-refractivity contribution in [2.75, 3.05) is 5.32 Å². The lowest BCUT2D eigenvalue weighted by Crippen LogP contribution is -2.24. The van der Waals surface area contributed by atoms with Crippen LogP contribution in [-0.4, -0.2) is 31.3 Å². The minimum atomic E-state index is -1.06. The Bertz CT molecular complexity index is 664. The van der Waals surface area contributed by atoms with Crippen LogP contribution in [0, 0.1) is 0 Å². The molecular formula is C11H8ClN5O2. The second kappa shape index (κ2) is 4.36. The van der Waals surface area contributed by atoms with E-state index in [9.17, 15) is 4.79 Å². The molecule has 19 heavy (non-hydrogen) atoms. The molecule has 1 aromatic carbocycles. The van der Waals surface area contributed by atoms with Crippen LogP contribution in [0.1, 0.15) is 11.6 Å². The van der Waals surface area contributed by atoms with E-state index in [2.05, 4.69) is 20.8 Å². The summed E-state index contributed by atoms with van der Waals surface area (Å²) in [5.41, 5.74) is 0.889. The van der Waals surface area contributed by atoms with Gasteiger partial charge in [-0.25, -0.2) is 4.79 Å². The molecule has 0 amide bonds. The second-order valence-electron chi connectivity index (χ2n) is 3.95. The zero-order chi connectivity index (χ0) is 13.4. The molecule has 1 aromatic heterocycles. The minimum absolute atomic E-state index is 0.0438. The largest absolute Gasteiger partial charge is 0.477 e. The van der Waals surface area contributed by atoms with Gasteiger partial charge in [0.15, 0.2) is 0 Å². The average molecular weight is 278 g/mol. The average Bonchev–Trinajstić information content (AvgIpc) is 2.86. The number of carbonyl (C=O) groups is 1. The van der Waals surface area contributed by atoms with Gasteiger partial charge in [-0.05, 0) is 34.2 Å². The Morgan fingerprint density at radius 1 is 1.37 bits per heavy atom. The number of aromatic nitrogens is 4. The zero-order valence-corrected chi connectivity index (χ0v) is 10.2. The number of hydrogen-bond acceptors (Lipinski definition) is 5. The van der Waals surface area contributed by atoms with Gasteiger partial charge in [0.2, 0.25) is 5.95 Å². The topological polar surface area (TPSA) is 92.9 Å². The highest BCUT2D eigenvalue weighted by atomic mass is 35.5. The number of benzene rings is 1. The van der Waals surface area contributed by atoms with Crippen molar-refractivity contribution in [3.8, 4) is 0 Å². The van der Waals surface area contributed by atoms with Crippen LogP contribution >= 0.6 is 11.6 Å². The highest BCUT2D eigenvalue weighted by Crippen LogP contribution is 2.28. The summed E-state index contributed by atoms with van der Waals surface area (Å²) in [5.74, 6) is -0.770. The Morgan fingerprint density at radius 3 is 2.79 bits per heavy atom. The molecule has 0 saturated heterocycles. The van der Waals surface area contributed by atoms with Crippen LogP contribution in [0.25, 0.3) is 0 Å². The minimum Gasteiger partial charge on any atom is -0.477 e. The summed E-state index contributed by atoms with van der Waals surface area (Å²) in [4.78, 5) is 11.1. The van der Waals surface area contributed by atoms with Crippen molar-refractivity contribution in [1.29, 1.82) is 0 Å². The van der Waals surface area contributed by atoms with E-state index < -0.39 is 5.97 Å². The molecule has 2 heterocycles. The van der Waals surface area contributed by atoms with E-state index >= 15 is 0 Å². The summed E-state index contributed by atoms with van der Waals surface area (Å²) in [5, 5.41) is 23.5. The maximum Gasteiger partial charge on any atom is 0.352 e. The summed E-state index contributed by atoms with van der Waals surface area (Å²) in [6.45, 7) is 0. The standard InChI is InChI=1S/C11H8ClN5O2/c12-7-3-1-6(2-4-7)9-5-8(10(18)19)13-11-14-15-16-17(9)11/h1-5,9H,(H,18,19)(H,13,14,16)/t9-/m0/s1. The number of rotatable bonds is 2. The fraction of sp³-hybridized carbons (Fsp3) is 0.0909. The summed E-state index contributed by atoms with van der Waals surface area (Å²) in [6, 6.07) is 6.70. The Hall–Kier alpha value is -2.41. The van der Waals surface area contributed by atoms with Gasteiger partial charge in [-0.1, -0.05) is 28.8 Å². The molecule has 0 aliphatic carbocycles. The first-order chi connectivity index (χ1) is 9.15. The lowest BCUT2D eigenvalue weighted by molar-refractivity contribution is -0.132. The number of carboxylic acid groups (broad SMARTS) is 1. The third-order valence-electron chi connectivity index (χ3n) is 2.77. The number of allylic oxidation sites excluding steroid dienone is 1. The van der Waals surface area contributed by atoms with Crippen LogP contribution in [-0.2, 0) is 4.79 Å². The molecule has 1 aliphatic rings. The van der Waals surface area contributed by atoms with Crippen LogP contribution in [0.3, 0.4) is 0 Å². The first-order valence-electron chi connectivity index (χ1n) is 5.40. The highest BCUT2D eigenvalue weighted by molar-refractivity contribution is 6.30. The Balaban J connectivity index is 2.09. The smallest absolute Gasteiger partial charge is 0.352 e. The van der Waals surface area contributed by atoms with E-state index in [4.69, 9.17) is 16.7 Å². The quantitative estimate of drug-likeness (QED) is 0.860. The van der Waals surface area contributed by atoms with E-state index in [1.807, 2.05) is 0 Å². The van der Waals surface area contributed by atoms with Crippen molar-refractivity contribution in [3.63, 3.8) is 0 Å². The van der Waals surface area contributed by atoms with E-state index in [1.165, 1.54) is 4.68 Å². The number of halogens is 1. The molecule has 0 radical (unpaired) electrons. The van der Waals surface area contributed by atoms with Crippen LogP contribution in [0.5, 0.6) is 0 Å². The maximum absolute atomic E-state index is 11.1. The third kappa shape index (κ3) is 2.04. The molecule has 7 nitrogen and oxygen atoms in total. The summed E-state index contributed by atoms with van der Waals surface area (Å²) in [6.07, 6.45) is 1.55. The first kappa shape index (κ1) is 11.7. The number of nitrogens with one attached hydrogen (secondary N) is 1. The number of hydrogen-bond donors (Lipinski definition) is 2. The van der Waals surface area contributed by atoms with Gasteiger partial charge < -0.3 is 10.4 Å². The normalized spacial score (nSPS) is 17.3. The maximum atomic E-state index is 11.1. The van der Waals surface area contributed by atoms with E-state index in [-0.39, 0.29) is 11.7 Å². The SMILES string of the molecule is O=C(O)C1=C[C@@H](c2ccc(Cl)cc2)n2nnnc2N1. The van der Waals surface area contributed by atoms with Crippen LogP contribution in [0.15, 0.2) is 36.0 Å². The van der Waals surface area contributed by atoms with Crippen LogP contribution in [0.2, 0.25) is 5.02 Å². The van der Waals surface area contributed by atoms with Crippen LogP contribution in [0.4, 0.5) is 5.95 Å². The number of carboxylic acids is 1. The van der Waals surface area contributed by atoms with Gasteiger partial charge in [-0.3, -0.25) is 0 Å². The number of fused-ring (bicyclic) bond motifs is 1. The molecule has 0 spiro atoms. The number of aliphatic carboxylic acids is 1. The van der Waals surface area contributed by atoms with Crippen molar-refractivity contribution in [3.05, 3.63) is 46.6 Å². The Kier molecular flexibility index (Phi) is 2.68. The zero-order valence-electron chi connectivity index (χ0n) is 9.49. The van der Waals surface area contributed by atoms with Gasteiger partial charge in [0.05, 0.1) is 0 Å². The van der Waals surface area contributed by atoms with Crippen molar-refractivity contribution in [2.24, 2.45) is 0 Å². The molecule has 0 saturated carbocycles. The van der Waals surface area contributed by atoms with Gasteiger partial charge in [0, 0.05) is 5.02 Å². The summed E-state index contributed by atoms with van der Waals surface area (Å²) < 4.78 is 1.51. The first-order valence-corrected chi connectivity index (χ1v) is 5.78.